The van der Waals surface area contributed by atoms with Crippen molar-refractivity contribution in [2.24, 2.45) is 7.05 Å². The number of imide groups is 1. The molecular weight excluding hydrogens is 434 g/mol. The number of likely N-dealkylation sites (tertiary alicyclic amines) is 1. The highest BCUT2D eigenvalue weighted by atomic mass is 19.3. The topological polar surface area (TPSA) is 93.5 Å². The minimum absolute atomic E-state index is 0.0773. The van der Waals surface area contributed by atoms with Gasteiger partial charge in [0.15, 0.2) is 0 Å². The van der Waals surface area contributed by atoms with Crippen molar-refractivity contribution in [1.29, 1.82) is 0 Å². The van der Waals surface area contributed by atoms with Crippen molar-refractivity contribution < 1.29 is 27.9 Å². The lowest BCUT2D eigenvalue weighted by molar-refractivity contribution is -0.134. The van der Waals surface area contributed by atoms with Gasteiger partial charge in [0, 0.05) is 25.4 Å². The Labute approximate surface area is 190 Å². The highest BCUT2D eigenvalue weighted by Crippen LogP contribution is 2.44. The lowest BCUT2D eigenvalue weighted by Gasteiger charge is -2.38. The molecule has 1 aromatic heterocycles. The van der Waals surface area contributed by atoms with E-state index in [0.717, 1.165) is 11.3 Å². The van der Waals surface area contributed by atoms with Crippen LogP contribution in [-0.4, -0.2) is 58.2 Å². The van der Waals surface area contributed by atoms with Crippen LogP contribution in [0.3, 0.4) is 0 Å². The fraction of sp³-hybridized carbons (Fsp3) is 0.565. The third-order valence-electron chi connectivity index (χ3n) is 6.45. The first-order valence-electron chi connectivity index (χ1n) is 11.3. The standard InChI is InChI=1S/C23H28F2N4O4/c1-3-4-12-33-22(32)29-11-10-17(23(24,25)13-29)14-6-5-7-15-19(27-28(2)20(14)15)16-8-9-18(30)26-21(16)31/h5-7,16-17H,3-4,8-13H2,1-2H3,(H,26,30,31)/t16?,17-/m1/s1. The van der Waals surface area contributed by atoms with E-state index in [1.54, 1.807) is 25.2 Å². The number of piperidine rings is 2. The SMILES string of the molecule is CCCCOC(=O)N1CC[C@H](c2cccc3c(C4CCC(=O)NC4=O)nn(C)c23)C(F)(F)C1. The van der Waals surface area contributed by atoms with Crippen molar-refractivity contribution in [3.05, 3.63) is 29.5 Å². The monoisotopic (exact) mass is 462 g/mol. The molecule has 1 unspecified atom stereocenters. The van der Waals surface area contributed by atoms with Gasteiger partial charge in [0.25, 0.3) is 5.92 Å². The summed E-state index contributed by atoms with van der Waals surface area (Å²) in [6.45, 7) is 1.63. The number of hydrogen-bond donors (Lipinski definition) is 1. The first-order valence-corrected chi connectivity index (χ1v) is 11.3. The number of carbonyl (C=O) groups excluding carboxylic acids is 3. The maximum Gasteiger partial charge on any atom is 0.409 e. The molecule has 178 valence electrons. The predicted molar refractivity (Wildman–Crippen MR) is 116 cm³/mol. The van der Waals surface area contributed by atoms with E-state index in [1.807, 2.05) is 6.92 Å². The summed E-state index contributed by atoms with van der Waals surface area (Å²) in [5.74, 6) is -5.61. The summed E-state index contributed by atoms with van der Waals surface area (Å²) >= 11 is 0. The molecule has 0 saturated carbocycles. The molecule has 0 spiro atoms. The second-order valence-corrected chi connectivity index (χ2v) is 8.75. The Morgan fingerprint density at radius 2 is 2.09 bits per heavy atom. The second-order valence-electron chi connectivity index (χ2n) is 8.75. The van der Waals surface area contributed by atoms with E-state index in [2.05, 4.69) is 10.4 Å². The molecule has 1 aromatic carbocycles. The van der Waals surface area contributed by atoms with E-state index in [1.165, 1.54) is 4.68 Å². The van der Waals surface area contributed by atoms with E-state index in [4.69, 9.17) is 4.74 Å². The maximum atomic E-state index is 15.3. The highest BCUT2D eigenvalue weighted by Gasteiger charge is 2.48. The number of benzene rings is 1. The summed E-state index contributed by atoms with van der Waals surface area (Å²) in [6, 6.07) is 5.12. The van der Waals surface area contributed by atoms with Crippen LogP contribution < -0.4 is 5.32 Å². The number of alkyl halides is 2. The summed E-state index contributed by atoms with van der Waals surface area (Å²) < 4.78 is 37.2. The van der Waals surface area contributed by atoms with Gasteiger partial charge >= 0.3 is 6.09 Å². The number of ether oxygens (including phenoxy) is 1. The number of amides is 3. The van der Waals surface area contributed by atoms with Crippen molar-refractivity contribution in [1.82, 2.24) is 20.0 Å². The largest absolute Gasteiger partial charge is 0.449 e. The molecule has 0 radical (unpaired) electrons. The molecule has 2 fully saturated rings. The first kappa shape index (κ1) is 23.1. The van der Waals surface area contributed by atoms with Gasteiger partial charge in [0.05, 0.1) is 36.2 Å². The second kappa shape index (κ2) is 9.07. The van der Waals surface area contributed by atoms with Gasteiger partial charge in [-0.1, -0.05) is 31.5 Å². The number of para-hydroxylation sites is 1. The molecule has 0 bridgehead atoms. The number of unbranched alkanes of at least 4 members (excludes halogenated alkanes) is 1. The summed E-state index contributed by atoms with van der Waals surface area (Å²) in [4.78, 5) is 37.2. The normalized spacial score (nSPS) is 23.0. The smallest absolute Gasteiger partial charge is 0.409 e. The molecule has 2 aromatic rings. The van der Waals surface area contributed by atoms with Crippen LogP contribution in [0.25, 0.3) is 10.9 Å². The average molecular weight is 462 g/mol. The molecule has 33 heavy (non-hydrogen) atoms. The molecule has 2 aliphatic rings. The Morgan fingerprint density at radius 1 is 1.30 bits per heavy atom. The third kappa shape index (κ3) is 4.43. The van der Waals surface area contributed by atoms with Crippen molar-refractivity contribution >= 4 is 28.8 Å². The molecule has 2 saturated heterocycles. The number of nitrogens with one attached hydrogen (secondary N) is 1. The van der Waals surface area contributed by atoms with E-state index in [-0.39, 0.29) is 31.9 Å². The number of halogens is 2. The van der Waals surface area contributed by atoms with E-state index in [0.29, 0.717) is 35.0 Å². The Morgan fingerprint density at radius 3 is 2.79 bits per heavy atom. The Balaban J connectivity index is 1.61. The van der Waals surface area contributed by atoms with Crippen molar-refractivity contribution in [2.75, 3.05) is 19.7 Å². The van der Waals surface area contributed by atoms with Crippen molar-refractivity contribution in [2.45, 2.75) is 56.8 Å². The number of fused-ring (bicyclic) bond motifs is 1. The van der Waals surface area contributed by atoms with Gasteiger partial charge in [-0.05, 0) is 24.8 Å². The summed E-state index contributed by atoms with van der Waals surface area (Å²) in [7, 11) is 1.67. The van der Waals surface area contributed by atoms with Gasteiger partial charge in [-0.15, -0.1) is 0 Å². The van der Waals surface area contributed by atoms with Gasteiger partial charge in [0.2, 0.25) is 11.8 Å². The number of nitrogens with zero attached hydrogens (tertiary/aromatic N) is 3. The van der Waals surface area contributed by atoms with Crippen LogP contribution in [0.2, 0.25) is 0 Å². The zero-order valence-corrected chi connectivity index (χ0v) is 18.8. The molecule has 8 nitrogen and oxygen atoms in total. The summed E-state index contributed by atoms with van der Waals surface area (Å²) in [6.07, 6.45) is 1.45. The predicted octanol–water partition coefficient (Wildman–Crippen LogP) is 3.45. The van der Waals surface area contributed by atoms with Crippen LogP contribution in [0.5, 0.6) is 0 Å². The van der Waals surface area contributed by atoms with Gasteiger partial charge in [0.1, 0.15) is 0 Å². The Kier molecular flexibility index (Phi) is 6.36. The number of hydrogen-bond acceptors (Lipinski definition) is 5. The van der Waals surface area contributed by atoms with Gasteiger partial charge in [-0.3, -0.25) is 19.6 Å². The van der Waals surface area contributed by atoms with Crippen molar-refractivity contribution in [3.63, 3.8) is 0 Å². The number of aryl methyl sites for hydroxylation is 1. The van der Waals surface area contributed by atoms with Gasteiger partial charge < -0.3 is 9.64 Å². The Hall–Kier alpha value is -3.04. The van der Waals surface area contributed by atoms with Crippen LogP contribution in [0.15, 0.2) is 18.2 Å². The lowest BCUT2D eigenvalue weighted by Crippen LogP contribution is -2.50. The maximum absolute atomic E-state index is 15.3. The van der Waals surface area contributed by atoms with E-state index < -0.39 is 36.3 Å². The number of aromatic nitrogens is 2. The first-order chi connectivity index (χ1) is 15.7. The number of carbonyl (C=O) groups is 3. The lowest BCUT2D eigenvalue weighted by atomic mass is 9.84. The molecule has 0 aliphatic carbocycles. The Bertz CT molecular complexity index is 1080. The molecule has 2 atom stereocenters. The molecule has 3 heterocycles. The van der Waals surface area contributed by atoms with Crippen LogP contribution in [0, 0.1) is 0 Å². The number of rotatable bonds is 5. The van der Waals surface area contributed by atoms with Gasteiger partial charge in [-0.25, -0.2) is 13.6 Å². The average Bonchev–Trinajstić information content (AvgIpc) is 3.10. The third-order valence-corrected chi connectivity index (χ3v) is 6.45. The van der Waals surface area contributed by atoms with Crippen molar-refractivity contribution in [3.8, 4) is 0 Å². The molecule has 1 N–H and O–H groups in total. The van der Waals surface area contributed by atoms with Gasteiger partial charge in [-0.2, -0.15) is 5.10 Å². The summed E-state index contributed by atoms with van der Waals surface area (Å²) in [5, 5.41) is 7.45. The fourth-order valence-electron chi connectivity index (χ4n) is 4.76. The molecule has 4 rings (SSSR count). The zero-order chi connectivity index (χ0) is 23.8. The van der Waals surface area contributed by atoms with Crippen LogP contribution in [0.1, 0.15) is 62.1 Å². The quantitative estimate of drug-likeness (QED) is 0.543. The zero-order valence-electron chi connectivity index (χ0n) is 18.8. The minimum Gasteiger partial charge on any atom is -0.449 e. The molecule has 3 amide bonds. The van der Waals surface area contributed by atoms with Crippen LogP contribution in [-0.2, 0) is 21.4 Å². The van der Waals surface area contributed by atoms with Crippen LogP contribution in [0.4, 0.5) is 13.6 Å². The van der Waals surface area contributed by atoms with Crippen LogP contribution >= 0.6 is 0 Å². The van der Waals surface area contributed by atoms with E-state index in [9.17, 15) is 14.4 Å². The molecular formula is C23H28F2N4O4. The fourth-order valence-corrected chi connectivity index (χ4v) is 4.76. The minimum atomic E-state index is -3.16. The molecule has 2 aliphatic heterocycles. The highest BCUT2D eigenvalue weighted by molar-refractivity contribution is 6.02. The molecule has 10 heteroatoms. The van der Waals surface area contributed by atoms with E-state index >= 15 is 8.78 Å². The summed E-state index contributed by atoms with van der Waals surface area (Å²) in [5.41, 5.74) is 1.46.